The predicted octanol–water partition coefficient (Wildman–Crippen LogP) is 3.50. The lowest BCUT2D eigenvalue weighted by atomic mass is 10.1. The van der Waals surface area contributed by atoms with Gasteiger partial charge < -0.3 is 19.2 Å². The molecular formula is C19H19NO5S. The van der Waals surface area contributed by atoms with E-state index >= 15 is 0 Å². The van der Waals surface area contributed by atoms with E-state index in [-0.39, 0.29) is 18.3 Å². The molecule has 3 rings (SSSR count). The van der Waals surface area contributed by atoms with Crippen LogP contribution in [0.5, 0.6) is 0 Å². The molecule has 0 saturated carbocycles. The van der Waals surface area contributed by atoms with Gasteiger partial charge in [-0.2, -0.15) is 0 Å². The highest BCUT2D eigenvalue weighted by atomic mass is 32.1. The van der Waals surface area contributed by atoms with Crippen molar-refractivity contribution in [2.24, 2.45) is 0 Å². The molecule has 1 atom stereocenters. The summed E-state index contributed by atoms with van der Waals surface area (Å²) in [6.07, 6.45) is -0.939. The van der Waals surface area contributed by atoms with Crippen LogP contribution < -0.4 is 5.32 Å². The molecule has 0 radical (unpaired) electrons. The van der Waals surface area contributed by atoms with E-state index in [0.29, 0.717) is 17.7 Å². The Kier molecular flexibility index (Phi) is 5.70. The maximum atomic E-state index is 12.5. The average Bonchev–Trinajstić information content (AvgIpc) is 3.28. The molecule has 26 heavy (non-hydrogen) atoms. The first-order valence-corrected chi connectivity index (χ1v) is 8.98. The van der Waals surface area contributed by atoms with Crippen molar-refractivity contribution in [3.05, 3.63) is 58.0 Å². The van der Waals surface area contributed by atoms with Crippen LogP contribution in [-0.4, -0.2) is 25.1 Å². The number of rotatable bonds is 7. The van der Waals surface area contributed by atoms with E-state index < -0.39 is 12.1 Å². The van der Waals surface area contributed by atoms with Crippen molar-refractivity contribution in [1.29, 1.82) is 0 Å². The smallest absolute Gasteiger partial charge is 0.375 e. The minimum atomic E-state index is -0.939. The number of benzene rings is 1. The van der Waals surface area contributed by atoms with Crippen LogP contribution in [0, 0.1) is 0 Å². The second-order valence-electron chi connectivity index (χ2n) is 5.68. The summed E-state index contributed by atoms with van der Waals surface area (Å²) in [6, 6.07) is 11.1. The number of esters is 1. The molecule has 0 aliphatic carbocycles. The molecule has 2 heterocycles. The van der Waals surface area contributed by atoms with E-state index in [4.69, 9.17) is 13.9 Å². The van der Waals surface area contributed by atoms with Crippen LogP contribution in [0.15, 0.2) is 46.2 Å². The predicted molar refractivity (Wildman–Crippen MR) is 98.0 cm³/mol. The van der Waals surface area contributed by atoms with Crippen LogP contribution in [0.3, 0.4) is 0 Å². The van der Waals surface area contributed by atoms with Gasteiger partial charge in [-0.1, -0.05) is 24.3 Å². The fourth-order valence-electron chi connectivity index (χ4n) is 2.55. The van der Waals surface area contributed by atoms with Gasteiger partial charge >= 0.3 is 5.97 Å². The topological polar surface area (TPSA) is 77.8 Å². The number of hydrogen-bond acceptors (Lipinski definition) is 6. The van der Waals surface area contributed by atoms with Crippen molar-refractivity contribution >= 4 is 34.2 Å². The Balaban J connectivity index is 1.69. The molecular weight excluding hydrogens is 354 g/mol. The molecule has 3 aromatic rings. The first kappa shape index (κ1) is 18.2. The molecule has 1 aromatic carbocycles. The van der Waals surface area contributed by atoms with E-state index in [1.807, 2.05) is 35.7 Å². The Morgan fingerprint density at radius 3 is 2.77 bits per heavy atom. The van der Waals surface area contributed by atoms with Gasteiger partial charge in [0, 0.05) is 22.9 Å². The Morgan fingerprint density at radius 2 is 2.04 bits per heavy atom. The maximum Gasteiger partial charge on any atom is 0.375 e. The molecule has 0 unspecified atom stereocenters. The zero-order valence-electron chi connectivity index (χ0n) is 14.5. The number of fused-ring (bicyclic) bond motifs is 1. The van der Waals surface area contributed by atoms with Crippen LogP contribution in [0.25, 0.3) is 11.0 Å². The number of para-hydroxylation sites is 1. The minimum absolute atomic E-state index is 0.0611. The van der Waals surface area contributed by atoms with Gasteiger partial charge in [0.2, 0.25) is 5.76 Å². The molecule has 7 heteroatoms. The molecule has 1 amide bonds. The lowest BCUT2D eigenvalue weighted by molar-refractivity contribution is -0.129. The number of thiophene rings is 1. The van der Waals surface area contributed by atoms with Crippen LogP contribution >= 0.6 is 11.3 Å². The first-order chi connectivity index (χ1) is 12.6. The lowest BCUT2D eigenvalue weighted by Crippen LogP contribution is -2.35. The summed E-state index contributed by atoms with van der Waals surface area (Å²) in [4.78, 5) is 25.7. The molecule has 0 aliphatic rings. The number of nitrogens with one attached hydrogen (secondary N) is 1. The van der Waals surface area contributed by atoms with E-state index in [1.54, 1.807) is 17.4 Å². The highest BCUT2D eigenvalue weighted by Gasteiger charge is 2.25. The van der Waals surface area contributed by atoms with E-state index in [0.717, 1.165) is 10.3 Å². The maximum absolute atomic E-state index is 12.5. The van der Waals surface area contributed by atoms with Crippen LogP contribution in [-0.2, 0) is 27.4 Å². The number of carbonyl (C=O) groups is 2. The molecule has 0 saturated heterocycles. The number of methoxy groups -OCH3 is 1. The van der Waals surface area contributed by atoms with Gasteiger partial charge in [0.1, 0.15) is 5.58 Å². The summed E-state index contributed by atoms with van der Waals surface area (Å²) < 4.78 is 16.1. The fourth-order valence-corrected chi connectivity index (χ4v) is 3.19. The van der Waals surface area contributed by atoms with Crippen molar-refractivity contribution in [2.75, 3.05) is 7.11 Å². The average molecular weight is 373 g/mol. The summed E-state index contributed by atoms with van der Waals surface area (Å²) >= 11 is 1.55. The summed E-state index contributed by atoms with van der Waals surface area (Å²) in [5.41, 5.74) is 1.18. The van der Waals surface area contributed by atoms with Gasteiger partial charge in [0.05, 0.1) is 13.2 Å². The summed E-state index contributed by atoms with van der Waals surface area (Å²) in [5.74, 6) is -0.992. The second-order valence-corrected chi connectivity index (χ2v) is 6.72. The van der Waals surface area contributed by atoms with E-state index in [1.165, 1.54) is 14.0 Å². The number of hydrogen-bond donors (Lipinski definition) is 1. The zero-order chi connectivity index (χ0) is 18.5. The SMILES string of the molecule is COCc1c(C(=O)O[C@H](C)C(=O)NCc2cccs2)oc2ccccc12. The first-order valence-electron chi connectivity index (χ1n) is 8.10. The highest BCUT2D eigenvalue weighted by molar-refractivity contribution is 7.09. The fraction of sp³-hybridized carbons (Fsp3) is 0.263. The van der Waals surface area contributed by atoms with Gasteiger partial charge in [-0.3, -0.25) is 4.79 Å². The molecule has 0 spiro atoms. The summed E-state index contributed by atoms with van der Waals surface area (Å²) in [7, 11) is 1.54. The molecule has 0 aliphatic heterocycles. The molecule has 136 valence electrons. The standard InChI is InChI=1S/C19H19NO5S/c1-12(18(21)20-10-13-6-5-9-26-13)24-19(22)17-15(11-23-2)14-7-3-4-8-16(14)25-17/h3-9,12H,10-11H2,1-2H3,(H,20,21)/t12-/m1/s1. The van der Waals surface area contributed by atoms with Gasteiger partial charge in [0.15, 0.2) is 6.10 Å². The Labute approximate surface area is 154 Å². The normalized spacial score (nSPS) is 12.1. The number of amides is 1. The third-order valence-electron chi connectivity index (χ3n) is 3.84. The van der Waals surface area contributed by atoms with Gasteiger partial charge in [-0.05, 0) is 24.4 Å². The zero-order valence-corrected chi connectivity index (χ0v) is 15.3. The van der Waals surface area contributed by atoms with Crippen molar-refractivity contribution in [2.45, 2.75) is 26.2 Å². The summed E-state index contributed by atoms with van der Waals surface area (Å²) in [6.45, 7) is 2.14. The van der Waals surface area contributed by atoms with E-state index in [2.05, 4.69) is 5.32 Å². The van der Waals surface area contributed by atoms with Crippen LogP contribution in [0.4, 0.5) is 0 Å². The Morgan fingerprint density at radius 1 is 1.23 bits per heavy atom. The minimum Gasteiger partial charge on any atom is -0.449 e. The van der Waals surface area contributed by atoms with Crippen LogP contribution in [0.2, 0.25) is 0 Å². The Hall–Kier alpha value is -2.64. The number of carbonyl (C=O) groups excluding carboxylic acids is 2. The highest BCUT2D eigenvalue weighted by Crippen LogP contribution is 2.27. The van der Waals surface area contributed by atoms with Crippen molar-refractivity contribution < 1.29 is 23.5 Å². The molecule has 2 aromatic heterocycles. The number of ether oxygens (including phenoxy) is 2. The van der Waals surface area contributed by atoms with Gasteiger partial charge in [-0.25, -0.2) is 4.79 Å². The van der Waals surface area contributed by atoms with Gasteiger partial charge in [-0.15, -0.1) is 11.3 Å². The second kappa shape index (κ2) is 8.16. The van der Waals surface area contributed by atoms with E-state index in [9.17, 15) is 9.59 Å². The summed E-state index contributed by atoms with van der Waals surface area (Å²) in [5, 5.41) is 5.47. The lowest BCUT2D eigenvalue weighted by Gasteiger charge is -2.12. The molecule has 0 fully saturated rings. The van der Waals surface area contributed by atoms with Crippen LogP contribution in [0.1, 0.15) is 27.9 Å². The molecule has 6 nitrogen and oxygen atoms in total. The quantitative estimate of drug-likeness (QED) is 0.641. The third-order valence-corrected chi connectivity index (χ3v) is 4.72. The third kappa shape index (κ3) is 3.95. The Bertz CT molecular complexity index is 900. The molecule has 1 N–H and O–H groups in total. The van der Waals surface area contributed by atoms with Crippen molar-refractivity contribution in [3.8, 4) is 0 Å². The van der Waals surface area contributed by atoms with Crippen molar-refractivity contribution in [1.82, 2.24) is 5.32 Å². The molecule has 0 bridgehead atoms. The largest absolute Gasteiger partial charge is 0.449 e. The van der Waals surface area contributed by atoms with Gasteiger partial charge in [0.25, 0.3) is 5.91 Å². The monoisotopic (exact) mass is 373 g/mol. The number of furan rings is 1. The van der Waals surface area contributed by atoms with Crippen molar-refractivity contribution in [3.63, 3.8) is 0 Å².